The Labute approximate surface area is 162 Å². The van der Waals surface area contributed by atoms with Crippen LogP contribution in [0, 0.1) is 5.92 Å². The maximum atomic E-state index is 12.4. The number of aryl methyl sites for hydroxylation is 1. The van der Waals surface area contributed by atoms with Gasteiger partial charge in [-0.1, -0.05) is 0 Å². The first kappa shape index (κ1) is 19.9. The topological polar surface area (TPSA) is 57.6 Å². The number of hydrogen-bond acceptors (Lipinski definition) is 3. The summed E-state index contributed by atoms with van der Waals surface area (Å²) in [5.74, 6) is 0.475. The van der Waals surface area contributed by atoms with E-state index in [1.807, 2.05) is 29.4 Å². The minimum atomic E-state index is 0.0701. The SMILES string of the molecule is O=C(NCCCN1CCCC1)C1CCN(C(=O)CCCn2cccc2)CC1. The lowest BCUT2D eigenvalue weighted by Gasteiger charge is -2.31. The smallest absolute Gasteiger partial charge is 0.223 e. The summed E-state index contributed by atoms with van der Waals surface area (Å²) in [6, 6.07) is 4.01. The third-order valence-corrected chi connectivity index (χ3v) is 5.84. The van der Waals surface area contributed by atoms with E-state index in [-0.39, 0.29) is 17.7 Å². The summed E-state index contributed by atoms with van der Waals surface area (Å²) in [5.41, 5.74) is 0. The van der Waals surface area contributed by atoms with Crippen LogP contribution in [0.25, 0.3) is 0 Å². The summed E-state index contributed by atoms with van der Waals surface area (Å²) in [6.07, 6.45) is 10.8. The van der Waals surface area contributed by atoms with Gasteiger partial charge in [0.05, 0.1) is 0 Å². The standard InChI is InChI=1S/C21H34N4O2/c26-20(7-5-15-23-11-1-2-12-23)25-17-8-19(9-18-25)21(27)22-10-6-16-24-13-3-4-14-24/h1-2,11-12,19H,3-10,13-18H2,(H,22,27). The summed E-state index contributed by atoms with van der Waals surface area (Å²) in [5, 5.41) is 3.10. The van der Waals surface area contributed by atoms with Crippen LogP contribution in [-0.4, -0.2) is 65.4 Å². The van der Waals surface area contributed by atoms with E-state index in [4.69, 9.17) is 0 Å². The lowest BCUT2D eigenvalue weighted by molar-refractivity contribution is -0.135. The van der Waals surface area contributed by atoms with Crippen molar-refractivity contribution in [1.82, 2.24) is 19.7 Å². The van der Waals surface area contributed by atoms with E-state index in [0.717, 1.165) is 45.3 Å². The molecular formula is C21H34N4O2. The third-order valence-electron chi connectivity index (χ3n) is 5.84. The zero-order chi connectivity index (χ0) is 18.9. The van der Waals surface area contributed by atoms with Gasteiger partial charge < -0.3 is 19.7 Å². The van der Waals surface area contributed by atoms with Crippen LogP contribution in [0.15, 0.2) is 24.5 Å². The van der Waals surface area contributed by atoms with Crippen LogP contribution >= 0.6 is 0 Å². The maximum absolute atomic E-state index is 12.4. The Balaban J connectivity index is 1.26. The fraction of sp³-hybridized carbons (Fsp3) is 0.714. The molecule has 2 amide bonds. The largest absolute Gasteiger partial charge is 0.356 e. The van der Waals surface area contributed by atoms with Gasteiger partial charge in [0.15, 0.2) is 0 Å². The van der Waals surface area contributed by atoms with Crippen molar-refractivity contribution < 1.29 is 9.59 Å². The van der Waals surface area contributed by atoms with Gasteiger partial charge in [0.1, 0.15) is 0 Å². The van der Waals surface area contributed by atoms with E-state index in [2.05, 4.69) is 14.8 Å². The summed E-state index contributed by atoms with van der Waals surface area (Å²) in [4.78, 5) is 29.1. The van der Waals surface area contributed by atoms with Gasteiger partial charge in [-0.2, -0.15) is 0 Å². The van der Waals surface area contributed by atoms with E-state index < -0.39 is 0 Å². The van der Waals surface area contributed by atoms with Gasteiger partial charge in [0, 0.05) is 50.9 Å². The van der Waals surface area contributed by atoms with E-state index in [0.29, 0.717) is 19.5 Å². The quantitative estimate of drug-likeness (QED) is 0.674. The molecule has 0 atom stereocenters. The fourth-order valence-corrected chi connectivity index (χ4v) is 4.15. The van der Waals surface area contributed by atoms with Crippen molar-refractivity contribution >= 4 is 11.8 Å². The highest BCUT2D eigenvalue weighted by atomic mass is 16.2. The zero-order valence-electron chi connectivity index (χ0n) is 16.4. The Kier molecular flexibility index (Phi) is 7.75. The number of piperidine rings is 1. The second-order valence-electron chi connectivity index (χ2n) is 7.87. The molecule has 3 heterocycles. The van der Waals surface area contributed by atoms with Gasteiger partial charge in [-0.3, -0.25) is 9.59 Å². The Bertz CT molecular complexity index is 573. The first-order chi connectivity index (χ1) is 13.2. The fourth-order valence-electron chi connectivity index (χ4n) is 4.15. The maximum Gasteiger partial charge on any atom is 0.223 e. The number of rotatable bonds is 9. The number of nitrogens with zero attached hydrogens (tertiary/aromatic N) is 3. The molecule has 2 saturated heterocycles. The number of carbonyl (C=O) groups is 2. The molecule has 0 spiro atoms. The van der Waals surface area contributed by atoms with Crippen LogP contribution < -0.4 is 5.32 Å². The number of hydrogen-bond donors (Lipinski definition) is 1. The summed E-state index contributed by atoms with van der Waals surface area (Å²) in [7, 11) is 0. The molecule has 2 aliphatic heterocycles. The predicted molar refractivity (Wildman–Crippen MR) is 106 cm³/mol. The van der Waals surface area contributed by atoms with Crippen LogP contribution in [0.1, 0.15) is 44.9 Å². The Morgan fingerprint density at radius 2 is 1.63 bits per heavy atom. The molecule has 2 aliphatic rings. The van der Waals surface area contributed by atoms with E-state index in [1.165, 1.54) is 25.9 Å². The molecular weight excluding hydrogens is 340 g/mol. The summed E-state index contributed by atoms with van der Waals surface area (Å²) >= 11 is 0. The molecule has 0 aliphatic carbocycles. The third kappa shape index (κ3) is 6.38. The molecule has 1 aromatic rings. The molecule has 0 saturated carbocycles. The molecule has 6 nitrogen and oxygen atoms in total. The van der Waals surface area contributed by atoms with Gasteiger partial charge >= 0.3 is 0 Å². The average Bonchev–Trinajstić information content (AvgIpc) is 3.39. The number of likely N-dealkylation sites (tertiary alicyclic amines) is 2. The second-order valence-corrected chi connectivity index (χ2v) is 7.87. The van der Waals surface area contributed by atoms with Gasteiger partial charge in [-0.15, -0.1) is 0 Å². The lowest BCUT2D eigenvalue weighted by atomic mass is 9.95. The van der Waals surface area contributed by atoms with Crippen molar-refractivity contribution in [3.8, 4) is 0 Å². The lowest BCUT2D eigenvalue weighted by Crippen LogP contribution is -2.43. The first-order valence-corrected chi connectivity index (χ1v) is 10.6. The van der Waals surface area contributed by atoms with Gasteiger partial charge in [-0.05, 0) is 70.3 Å². The minimum Gasteiger partial charge on any atom is -0.356 e. The van der Waals surface area contributed by atoms with E-state index in [1.54, 1.807) is 0 Å². The van der Waals surface area contributed by atoms with Crippen LogP contribution in [0.4, 0.5) is 0 Å². The van der Waals surface area contributed by atoms with E-state index in [9.17, 15) is 9.59 Å². The molecule has 0 aromatic carbocycles. The van der Waals surface area contributed by atoms with Gasteiger partial charge in [0.25, 0.3) is 0 Å². The Morgan fingerprint density at radius 1 is 0.926 bits per heavy atom. The molecule has 1 N–H and O–H groups in total. The molecule has 6 heteroatoms. The highest BCUT2D eigenvalue weighted by Crippen LogP contribution is 2.18. The molecule has 2 fully saturated rings. The normalized spacial score (nSPS) is 18.7. The number of aromatic nitrogens is 1. The zero-order valence-corrected chi connectivity index (χ0v) is 16.4. The first-order valence-electron chi connectivity index (χ1n) is 10.6. The van der Waals surface area contributed by atoms with Crippen LogP contribution in [-0.2, 0) is 16.1 Å². The van der Waals surface area contributed by atoms with Gasteiger partial charge in [0.2, 0.25) is 11.8 Å². The Morgan fingerprint density at radius 3 is 2.33 bits per heavy atom. The average molecular weight is 375 g/mol. The van der Waals surface area contributed by atoms with Crippen molar-refractivity contribution in [3.05, 3.63) is 24.5 Å². The highest BCUT2D eigenvalue weighted by molar-refractivity contribution is 5.80. The Hall–Kier alpha value is -1.82. The predicted octanol–water partition coefficient (Wildman–Crippen LogP) is 2.11. The van der Waals surface area contributed by atoms with Crippen LogP contribution in [0.2, 0.25) is 0 Å². The summed E-state index contributed by atoms with van der Waals surface area (Å²) in [6.45, 7) is 6.61. The molecule has 27 heavy (non-hydrogen) atoms. The van der Waals surface area contributed by atoms with Crippen molar-refractivity contribution in [3.63, 3.8) is 0 Å². The molecule has 150 valence electrons. The number of amides is 2. The minimum absolute atomic E-state index is 0.0701. The van der Waals surface area contributed by atoms with Crippen molar-refractivity contribution in [1.29, 1.82) is 0 Å². The van der Waals surface area contributed by atoms with Crippen LogP contribution in [0.3, 0.4) is 0 Å². The monoisotopic (exact) mass is 374 g/mol. The van der Waals surface area contributed by atoms with Crippen molar-refractivity contribution in [2.24, 2.45) is 5.92 Å². The van der Waals surface area contributed by atoms with Crippen molar-refractivity contribution in [2.75, 3.05) is 39.3 Å². The highest BCUT2D eigenvalue weighted by Gasteiger charge is 2.26. The van der Waals surface area contributed by atoms with Gasteiger partial charge in [-0.25, -0.2) is 0 Å². The number of nitrogens with one attached hydrogen (secondary N) is 1. The molecule has 0 bridgehead atoms. The van der Waals surface area contributed by atoms with Crippen molar-refractivity contribution in [2.45, 2.75) is 51.5 Å². The molecule has 0 radical (unpaired) electrons. The van der Waals surface area contributed by atoms with Crippen LogP contribution in [0.5, 0.6) is 0 Å². The second kappa shape index (κ2) is 10.5. The molecule has 1 aromatic heterocycles. The molecule has 0 unspecified atom stereocenters. The van der Waals surface area contributed by atoms with E-state index >= 15 is 0 Å². The number of carbonyl (C=O) groups excluding carboxylic acids is 2. The summed E-state index contributed by atoms with van der Waals surface area (Å²) < 4.78 is 2.10. The molecule has 3 rings (SSSR count).